The van der Waals surface area contributed by atoms with Gasteiger partial charge in [-0.2, -0.15) is 0 Å². The summed E-state index contributed by atoms with van der Waals surface area (Å²) in [5.74, 6) is 1.94. The van der Waals surface area contributed by atoms with Crippen molar-refractivity contribution in [1.82, 2.24) is 15.1 Å². The summed E-state index contributed by atoms with van der Waals surface area (Å²) in [6.45, 7) is 7.74. The van der Waals surface area contributed by atoms with Crippen molar-refractivity contribution in [2.75, 3.05) is 33.7 Å². The molecule has 0 bridgehead atoms. The Bertz CT molecular complexity index is 345. The van der Waals surface area contributed by atoms with E-state index in [9.17, 15) is 4.79 Å². The molecule has 0 unspecified atom stereocenters. The zero-order valence-corrected chi connectivity index (χ0v) is 14.3. The number of likely N-dealkylation sites (tertiary alicyclic amines) is 1. The van der Waals surface area contributed by atoms with E-state index in [2.05, 4.69) is 31.1 Å². The summed E-state index contributed by atoms with van der Waals surface area (Å²) in [7, 11) is 4.11. The van der Waals surface area contributed by atoms with Gasteiger partial charge in [-0.25, -0.2) is 4.79 Å². The van der Waals surface area contributed by atoms with Crippen molar-refractivity contribution in [2.45, 2.75) is 52.0 Å². The highest BCUT2D eigenvalue weighted by molar-refractivity contribution is 5.74. The van der Waals surface area contributed by atoms with Crippen molar-refractivity contribution < 1.29 is 4.79 Å². The number of nitrogens with one attached hydrogen (secondary N) is 1. The number of amides is 2. The molecular formula is C17H33N3O. The lowest BCUT2D eigenvalue weighted by molar-refractivity contribution is 0.169. The van der Waals surface area contributed by atoms with E-state index < -0.39 is 0 Å². The predicted molar refractivity (Wildman–Crippen MR) is 87.3 cm³/mol. The van der Waals surface area contributed by atoms with Gasteiger partial charge >= 0.3 is 6.03 Å². The summed E-state index contributed by atoms with van der Waals surface area (Å²) >= 11 is 0. The lowest BCUT2D eigenvalue weighted by atomic mass is 9.78. The van der Waals surface area contributed by atoms with E-state index in [0.29, 0.717) is 23.8 Å². The normalized spacial score (nSPS) is 30.6. The molecular weight excluding hydrogens is 262 g/mol. The number of nitrogens with zero attached hydrogens (tertiary/aromatic N) is 2. The fourth-order valence-electron chi connectivity index (χ4n) is 4.05. The fourth-order valence-corrected chi connectivity index (χ4v) is 4.05. The van der Waals surface area contributed by atoms with Crippen molar-refractivity contribution in [3.05, 3.63) is 0 Å². The van der Waals surface area contributed by atoms with E-state index in [1.54, 1.807) is 0 Å². The van der Waals surface area contributed by atoms with Gasteiger partial charge in [-0.15, -0.1) is 0 Å². The Labute approximate surface area is 130 Å². The van der Waals surface area contributed by atoms with Crippen LogP contribution in [0.4, 0.5) is 4.79 Å². The average molecular weight is 295 g/mol. The molecule has 1 saturated carbocycles. The van der Waals surface area contributed by atoms with Gasteiger partial charge in [0, 0.05) is 26.2 Å². The lowest BCUT2D eigenvalue weighted by Gasteiger charge is -2.36. The molecule has 2 fully saturated rings. The molecule has 1 aliphatic carbocycles. The minimum absolute atomic E-state index is 0.127. The average Bonchev–Trinajstić information content (AvgIpc) is 2.84. The van der Waals surface area contributed by atoms with Crippen LogP contribution in [0, 0.1) is 17.8 Å². The third-order valence-electron chi connectivity index (χ3n) is 5.35. The SMILES string of the molecule is CC(C)[C@@H]1CCCC[C@@H]1NC(=O)N(C)C[C@H]1CCN(C)C1. The summed E-state index contributed by atoms with van der Waals surface area (Å²) in [4.78, 5) is 16.7. The maximum atomic E-state index is 12.4. The number of rotatable bonds is 4. The third-order valence-corrected chi connectivity index (χ3v) is 5.35. The number of hydrogen-bond acceptors (Lipinski definition) is 2. The van der Waals surface area contributed by atoms with E-state index in [4.69, 9.17) is 0 Å². The number of urea groups is 1. The second kappa shape index (κ2) is 7.48. The van der Waals surface area contributed by atoms with Crippen LogP contribution in [0.1, 0.15) is 46.0 Å². The first-order chi connectivity index (χ1) is 9.97. The maximum Gasteiger partial charge on any atom is 0.317 e. The molecule has 0 aromatic heterocycles. The highest BCUT2D eigenvalue weighted by Crippen LogP contribution is 2.30. The summed E-state index contributed by atoms with van der Waals surface area (Å²) in [5, 5.41) is 3.31. The molecule has 1 aliphatic heterocycles. The van der Waals surface area contributed by atoms with Gasteiger partial charge in [-0.05, 0) is 50.6 Å². The molecule has 2 aliphatic rings. The van der Waals surface area contributed by atoms with Crippen LogP contribution in [0.5, 0.6) is 0 Å². The lowest BCUT2D eigenvalue weighted by Crippen LogP contribution is -2.49. The first-order valence-electron chi connectivity index (χ1n) is 8.67. The van der Waals surface area contributed by atoms with Crippen LogP contribution in [0.25, 0.3) is 0 Å². The second-order valence-electron chi connectivity index (χ2n) is 7.55. The standard InChI is InChI=1S/C17H33N3O/c1-13(2)15-7-5-6-8-16(15)18-17(21)20(4)12-14-9-10-19(3)11-14/h13-16H,5-12H2,1-4H3,(H,18,21)/t14-,15-,16-/m0/s1. The number of hydrogen-bond donors (Lipinski definition) is 1. The topological polar surface area (TPSA) is 35.6 Å². The van der Waals surface area contributed by atoms with Crippen molar-refractivity contribution in [1.29, 1.82) is 0 Å². The minimum atomic E-state index is 0.127. The molecule has 21 heavy (non-hydrogen) atoms. The Kier molecular flexibility index (Phi) is 5.91. The molecule has 1 saturated heterocycles. The number of carbonyl (C=O) groups excluding carboxylic acids is 1. The van der Waals surface area contributed by atoms with E-state index in [1.807, 2.05) is 11.9 Å². The van der Waals surface area contributed by atoms with Gasteiger partial charge in [0.2, 0.25) is 0 Å². The Hall–Kier alpha value is -0.770. The molecule has 0 aromatic rings. The van der Waals surface area contributed by atoms with Crippen LogP contribution in [-0.2, 0) is 0 Å². The Morgan fingerprint density at radius 2 is 2.00 bits per heavy atom. The molecule has 1 heterocycles. The molecule has 122 valence electrons. The molecule has 3 atom stereocenters. The minimum Gasteiger partial charge on any atom is -0.335 e. The van der Waals surface area contributed by atoms with Crippen LogP contribution >= 0.6 is 0 Å². The largest absolute Gasteiger partial charge is 0.335 e. The summed E-state index contributed by atoms with van der Waals surface area (Å²) in [6.07, 6.45) is 6.20. The summed E-state index contributed by atoms with van der Waals surface area (Å²) < 4.78 is 0. The highest BCUT2D eigenvalue weighted by Gasteiger charge is 2.30. The fraction of sp³-hybridized carbons (Fsp3) is 0.941. The van der Waals surface area contributed by atoms with Crippen molar-refractivity contribution in [3.8, 4) is 0 Å². The molecule has 2 rings (SSSR count). The second-order valence-corrected chi connectivity index (χ2v) is 7.55. The third kappa shape index (κ3) is 4.60. The van der Waals surface area contributed by atoms with Gasteiger partial charge in [0.15, 0.2) is 0 Å². The Balaban J connectivity index is 1.81. The van der Waals surface area contributed by atoms with Crippen molar-refractivity contribution >= 4 is 6.03 Å². The molecule has 4 heteroatoms. The predicted octanol–water partition coefficient (Wildman–Crippen LogP) is 2.79. The molecule has 0 aromatic carbocycles. The molecule has 0 radical (unpaired) electrons. The van der Waals surface area contributed by atoms with Gasteiger partial charge in [-0.3, -0.25) is 0 Å². The van der Waals surface area contributed by atoms with E-state index in [-0.39, 0.29) is 6.03 Å². The zero-order chi connectivity index (χ0) is 15.4. The summed E-state index contributed by atoms with van der Waals surface area (Å²) in [5.41, 5.74) is 0. The van der Waals surface area contributed by atoms with Crippen molar-refractivity contribution in [3.63, 3.8) is 0 Å². The molecule has 1 N–H and O–H groups in total. The molecule has 4 nitrogen and oxygen atoms in total. The molecule has 2 amide bonds. The smallest absolute Gasteiger partial charge is 0.317 e. The van der Waals surface area contributed by atoms with Gasteiger partial charge in [-0.1, -0.05) is 26.7 Å². The van der Waals surface area contributed by atoms with Crippen LogP contribution < -0.4 is 5.32 Å². The van der Waals surface area contributed by atoms with E-state index in [1.165, 1.54) is 25.7 Å². The summed E-state index contributed by atoms with van der Waals surface area (Å²) in [6, 6.07) is 0.502. The van der Waals surface area contributed by atoms with Crippen molar-refractivity contribution in [2.24, 2.45) is 17.8 Å². The van der Waals surface area contributed by atoms with Gasteiger partial charge in [0.1, 0.15) is 0 Å². The monoisotopic (exact) mass is 295 g/mol. The van der Waals surface area contributed by atoms with Gasteiger partial charge in [0.05, 0.1) is 0 Å². The maximum absolute atomic E-state index is 12.4. The number of carbonyl (C=O) groups is 1. The highest BCUT2D eigenvalue weighted by atomic mass is 16.2. The van der Waals surface area contributed by atoms with Crippen LogP contribution in [0.3, 0.4) is 0 Å². The van der Waals surface area contributed by atoms with E-state index in [0.717, 1.165) is 26.1 Å². The zero-order valence-electron chi connectivity index (χ0n) is 14.3. The van der Waals surface area contributed by atoms with Crippen LogP contribution in [-0.4, -0.2) is 55.6 Å². The quantitative estimate of drug-likeness (QED) is 0.865. The van der Waals surface area contributed by atoms with E-state index >= 15 is 0 Å². The Morgan fingerprint density at radius 1 is 1.29 bits per heavy atom. The Morgan fingerprint density at radius 3 is 2.62 bits per heavy atom. The molecule has 0 spiro atoms. The van der Waals surface area contributed by atoms with Crippen LogP contribution in [0.15, 0.2) is 0 Å². The first kappa shape index (κ1) is 16.6. The van der Waals surface area contributed by atoms with Gasteiger partial charge in [0.25, 0.3) is 0 Å². The van der Waals surface area contributed by atoms with Crippen LogP contribution in [0.2, 0.25) is 0 Å². The van der Waals surface area contributed by atoms with Gasteiger partial charge < -0.3 is 15.1 Å². The first-order valence-corrected chi connectivity index (χ1v) is 8.67.